The fourth-order valence-corrected chi connectivity index (χ4v) is 4.22. The maximum atomic E-state index is 11.5. The normalized spacial score (nSPS) is 18.0. The molecule has 1 aliphatic rings. The summed E-state index contributed by atoms with van der Waals surface area (Å²) in [6, 6.07) is 15.2. The summed E-state index contributed by atoms with van der Waals surface area (Å²) in [4.78, 5) is 17.4. The van der Waals surface area contributed by atoms with Gasteiger partial charge in [0, 0.05) is 44.0 Å². The Hall–Kier alpha value is -3.58. The van der Waals surface area contributed by atoms with Crippen molar-refractivity contribution in [3.63, 3.8) is 0 Å². The molecule has 1 fully saturated rings. The van der Waals surface area contributed by atoms with Crippen LogP contribution in [0.3, 0.4) is 0 Å². The molecule has 36 heavy (non-hydrogen) atoms. The second kappa shape index (κ2) is 11.0. The number of aliphatic hydroxyl groups is 2. The molecule has 4 rings (SSSR count). The molecule has 3 N–H and O–H groups in total. The van der Waals surface area contributed by atoms with E-state index in [4.69, 9.17) is 4.74 Å². The monoisotopic (exact) mass is 501 g/mol. The molecule has 3 atom stereocenters. The molecule has 2 aromatic carbocycles. The topological polar surface area (TPSA) is 99.8 Å². The third-order valence-electron chi connectivity index (χ3n) is 5.97. The van der Waals surface area contributed by atoms with Crippen LogP contribution in [0.5, 0.6) is 5.75 Å². The van der Waals surface area contributed by atoms with Crippen LogP contribution >= 0.6 is 0 Å². The summed E-state index contributed by atoms with van der Waals surface area (Å²) in [5.41, 5.74) is 2.92. The minimum atomic E-state index is -1.33. The number of imidazole rings is 1. The molecule has 185 valence electrons. The van der Waals surface area contributed by atoms with Crippen molar-refractivity contribution in [2.24, 2.45) is 5.92 Å². The second-order valence-electron chi connectivity index (χ2n) is 9.04. The van der Waals surface area contributed by atoms with E-state index in [0.29, 0.717) is 25.5 Å². The van der Waals surface area contributed by atoms with E-state index in [1.54, 1.807) is 35.8 Å². The van der Waals surface area contributed by atoms with Crippen molar-refractivity contribution in [3.8, 4) is 28.7 Å². The lowest BCUT2D eigenvalue weighted by Crippen LogP contribution is -2.50. The van der Waals surface area contributed by atoms with Crippen LogP contribution in [0.4, 0.5) is 4.79 Å². The standard InChI is InChI=1S/C27H29N4O4Si/c1-27(34,36)25-28-13-14-31(25)23(17-32)10-5-19-3-6-21(7-4-19)22-8-11-24(12-9-22)35-18-20-15-29-26(33)30(2)16-20/h3-4,6-9,11-14,20,23,32,34H,15-18H2,1-2H3,(H,29,33)/t20-,23-,27-/m0/s1. The van der Waals surface area contributed by atoms with Crippen LogP contribution < -0.4 is 10.1 Å². The number of amides is 2. The molecule has 1 saturated heterocycles. The maximum absolute atomic E-state index is 11.5. The number of hydrogen-bond acceptors (Lipinski definition) is 5. The highest BCUT2D eigenvalue weighted by Crippen LogP contribution is 2.24. The van der Waals surface area contributed by atoms with Crippen molar-refractivity contribution in [2.75, 3.05) is 33.4 Å². The van der Waals surface area contributed by atoms with Gasteiger partial charge >= 0.3 is 6.03 Å². The smallest absolute Gasteiger partial charge is 0.317 e. The van der Waals surface area contributed by atoms with Gasteiger partial charge in [-0.25, -0.2) is 9.78 Å². The highest BCUT2D eigenvalue weighted by Gasteiger charge is 2.25. The Morgan fingerprint density at radius 3 is 2.50 bits per heavy atom. The van der Waals surface area contributed by atoms with E-state index in [2.05, 4.69) is 32.4 Å². The van der Waals surface area contributed by atoms with Gasteiger partial charge in [0.15, 0.2) is 0 Å². The highest BCUT2D eigenvalue weighted by atomic mass is 28.1. The van der Waals surface area contributed by atoms with E-state index < -0.39 is 11.3 Å². The lowest BCUT2D eigenvalue weighted by Gasteiger charge is -2.30. The average Bonchev–Trinajstić information content (AvgIpc) is 3.37. The first-order valence-corrected chi connectivity index (χ1v) is 12.2. The number of aromatic nitrogens is 2. The highest BCUT2D eigenvalue weighted by molar-refractivity contribution is 6.13. The molecule has 2 heterocycles. The number of carbonyl (C=O) groups is 1. The van der Waals surface area contributed by atoms with E-state index in [9.17, 15) is 15.0 Å². The number of nitrogens with one attached hydrogen (secondary N) is 1. The minimum absolute atomic E-state index is 0.0445. The van der Waals surface area contributed by atoms with Gasteiger partial charge in [-0.1, -0.05) is 36.1 Å². The van der Waals surface area contributed by atoms with E-state index >= 15 is 0 Å². The molecule has 1 aliphatic heterocycles. The van der Waals surface area contributed by atoms with Crippen LogP contribution in [-0.4, -0.2) is 74.3 Å². The van der Waals surface area contributed by atoms with Gasteiger partial charge in [-0.3, -0.25) is 0 Å². The Balaban J connectivity index is 1.38. The predicted molar refractivity (Wildman–Crippen MR) is 137 cm³/mol. The van der Waals surface area contributed by atoms with Gasteiger partial charge < -0.3 is 29.7 Å². The molecule has 8 nitrogen and oxygen atoms in total. The van der Waals surface area contributed by atoms with Gasteiger partial charge in [0.25, 0.3) is 0 Å². The van der Waals surface area contributed by atoms with Crippen LogP contribution in [0.1, 0.15) is 24.4 Å². The maximum Gasteiger partial charge on any atom is 0.317 e. The van der Waals surface area contributed by atoms with Crippen molar-refractivity contribution in [1.29, 1.82) is 0 Å². The summed E-state index contributed by atoms with van der Waals surface area (Å²) >= 11 is 0. The van der Waals surface area contributed by atoms with Crippen LogP contribution in [0.25, 0.3) is 11.1 Å². The largest absolute Gasteiger partial charge is 0.493 e. The van der Waals surface area contributed by atoms with Gasteiger partial charge in [-0.15, -0.1) is 0 Å². The molecular formula is C27H29N4O4Si. The number of nitrogens with zero attached hydrogens (tertiary/aromatic N) is 3. The number of aliphatic hydroxyl groups excluding tert-OH is 1. The van der Waals surface area contributed by atoms with E-state index in [1.807, 2.05) is 48.5 Å². The molecule has 1 aromatic heterocycles. The predicted octanol–water partition coefficient (Wildman–Crippen LogP) is 2.12. The third kappa shape index (κ3) is 6.15. The van der Waals surface area contributed by atoms with Gasteiger partial charge in [0.1, 0.15) is 22.8 Å². The number of urea groups is 1. The Labute approximate surface area is 214 Å². The van der Waals surface area contributed by atoms with Crippen molar-refractivity contribution < 1.29 is 19.7 Å². The van der Waals surface area contributed by atoms with Crippen LogP contribution in [0, 0.1) is 17.8 Å². The lowest BCUT2D eigenvalue weighted by atomic mass is 10.0. The minimum Gasteiger partial charge on any atom is -0.493 e. The zero-order valence-corrected chi connectivity index (χ0v) is 21.3. The SMILES string of the molecule is CN1C[C@@H](COc2ccc(-c3ccc(C#C[C@@H](CO)n4ccnc4[C@@](C)(O)[Si])cc3)cc2)CNC1=O. The van der Waals surface area contributed by atoms with Crippen molar-refractivity contribution in [1.82, 2.24) is 19.8 Å². The number of hydrogen-bond donors (Lipinski definition) is 3. The fraction of sp³-hybridized carbons (Fsp3) is 0.333. The van der Waals surface area contributed by atoms with Crippen molar-refractivity contribution in [2.45, 2.75) is 18.2 Å². The molecule has 3 radical (unpaired) electrons. The van der Waals surface area contributed by atoms with Gasteiger partial charge in [0.2, 0.25) is 0 Å². The van der Waals surface area contributed by atoms with E-state index in [1.165, 1.54) is 0 Å². The molecule has 0 unspecified atom stereocenters. The van der Waals surface area contributed by atoms with Crippen LogP contribution in [0.2, 0.25) is 0 Å². The Bertz CT molecular complexity index is 1240. The quantitative estimate of drug-likeness (QED) is 0.340. The summed E-state index contributed by atoms with van der Waals surface area (Å²) in [5.74, 6) is 7.57. The van der Waals surface area contributed by atoms with Gasteiger partial charge in [0.05, 0.1) is 23.5 Å². The summed E-state index contributed by atoms with van der Waals surface area (Å²) in [6.07, 6.45) is 3.24. The van der Waals surface area contributed by atoms with Crippen LogP contribution in [0.15, 0.2) is 60.9 Å². The van der Waals surface area contributed by atoms with Crippen LogP contribution in [-0.2, 0) is 5.22 Å². The first-order chi connectivity index (χ1) is 17.2. The number of ether oxygens (including phenoxy) is 1. The lowest BCUT2D eigenvalue weighted by molar-refractivity contribution is 0.130. The third-order valence-corrected chi connectivity index (χ3v) is 6.20. The van der Waals surface area contributed by atoms with E-state index in [-0.39, 0.29) is 18.6 Å². The number of carbonyl (C=O) groups excluding carboxylic acids is 1. The Morgan fingerprint density at radius 2 is 1.89 bits per heavy atom. The number of benzene rings is 2. The summed E-state index contributed by atoms with van der Waals surface area (Å²) in [5, 5.41) is 21.6. The van der Waals surface area contributed by atoms with Gasteiger partial charge in [-0.05, 0) is 42.3 Å². The molecule has 3 aromatic rings. The average molecular weight is 502 g/mol. The summed E-state index contributed by atoms with van der Waals surface area (Å²) in [6.45, 7) is 3.20. The zero-order chi connectivity index (χ0) is 25.7. The zero-order valence-electron chi connectivity index (χ0n) is 20.3. The summed E-state index contributed by atoms with van der Waals surface area (Å²) in [7, 11) is 5.03. The van der Waals surface area contributed by atoms with Crippen molar-refractivity contribution in [3.05, 3.63) is 72.3 Å². The van der Waals surface area contributed by atoms with Gasteiger partial charge in [-0.2, -0.15) is 0 Å². The fourth-order valence-electron chi connectivity index (χ4n) is 4.03. The summed E-state index contributed by atoms with van der Waals surface area (Å²) < 4.78 is 7.58. The van der Waals surface area contributed by atoms with E-state index in [0.717, 1.165) is 22.4 Å². The second-order valence-corrected chi connectivity index (χ2v) is 10.0. The Morgan fingerprint density at radius 1 is 1.22 bits per heavy atom. The Kier molecular flexibility index (Phi) is 7.79. The molecule has 0 saturated carbocycles. The molecular weight excluding hydrogens is 472 g/mol. The molecule has 9 heteroatoms. The van der Waals surface area contributed by atoms with Crippen molar-refractivity contribution >= 4 is 16.3 Å². The first-order valence-electron chi connectivity index (χ1n) is 11.7. The molecule has 0 bridgehead atoms. The molecule has 0 aliphatic carbocycles. The first kappa shape index (κ1) is 25.5. The number of rotatable bonds is 7. The molecule has 0 spiro atoms. The molecule has 2 amide bonds.